The Bertz CT molecular complexity index is 822. The van der Waals surface area contributed by atoms with E-state index in [0.717, 1.165) is 18.2 Å². The lowest BCUT2D eigenvalue weighted by Crippen LogP contribution is -2.13. The molecule has 0 bridgehead atoms. The molecule has 132 valence electrons. The van der Waals surface area contributed by atoms with Gasteiger partial charge < -0.3 is 11.1 Å². The van der Waals surface area contributed by atoms with Crippen LogP contribution in [0.1, 0.15) is 34.5 Å². The first kappa shape index (κ1) is 18.2. The summed E-state index contributed by atoms with van der Waals surface area (Å²) in [6, 6.07) is 7.64. The molecule has 0 fully saturated rings. The average molecular weight is 353 g/mol. The summed E-state index contributed by atoms with van der Waals surface area (Å²) in [5.74, 6) is -0.819. The lowest BCUT2D eigenvalue weighted by atomic mass is 10.0. The van der Waals surface area contributed by atoms with Crippen LogP contribution in [0.25, 0.3) is 0 Å². The Morgan fingerprint density at radius 3 is 2.48 bits per heavy atom. The number of halogens is 3. The van der Waals surface area contributed by atoms with Crippen molar-refractivity contribution in [2.75, 3.05) is 5.32 Å². The molecule has 0 spiro atoms. The molecule has 25 heavy (non-hydrogen) atoms. The lowest BCUT2D eigenvalue weighted by Gasteiger charge is -2.17. The van der Waals surface area contributed by atoms with Crippen LogP contribution in [0.2, 0.25) is 0 Å². The number of amides is 1. The molecule has 1 unspecified atom stereocenters. The third-order valence-corrected chi connectivity index (χ3v) is 3.56. The van der Waals surface area contributed by atoms with Crippen molar-refractivity contribution < 1.29 is 22.9 Å². The minimum absolute atomic E-state index is 0.0380. The average Bonchev–Trinajstić information content (AvgIpc) is 2.54. The number of primary amides is 1. The van der Waals surface area contributed by atoms with E-state index in [2.05, 4.69) is 5.32 Å². The molecule has 0 aromatic heterocycles. The van der Waals surface area contributed by atoms with Crippen molar-refractivity contribution in [1.29, 1.82) is 0 Å². The zero-order valence-corrected chi connectivity index (χ0v) is 13.0. The molecule has 0 aliphatic rings. The van der Waals surface area contributed by atoms with Gasteiger partial charge in [-0.05, 0) is 36.8 Å². The largest absolute Gasteiger partial charge is 0.416 e. The first-order valence-corrected chi connectivity index (χ1v) is 7.11. The number of alkyl halides is 3. The number of nitrogens with one attached hydrogen (secondary N) is 1. The molecule has 2 aromatic carbocycles. The maximum Gasteiger partial charge on any atom is 0.416 e. The van der Waals surface area contributed by atoms with Gasteiger partial charge in [-0.1, -0.05) is 12.1 Å². The Morgan fingerprint density at radius 2 is 1.92 bits per heavy atom. The van der Waals surface area contributed by atoms with Crippen molar-refractivity contribution in [2.24, 2.45) is 5.73 Å². The number of carbonyl (C=O) groups excluding carboxylic acids is 1. The topological polar surface area (TPSA) is 98.3 Å². The molecule has 2 aromatic rings. The summed E-state index contributed by atoms with van der Waals surface area (Å²) in [7, 11) is 0. The van der Waals surface area contributed by atoms with Crippen LogP contribution in [0.3, 0.4) is 0 Å². The van der Waals surface area contributed by atoms with E-state index in [1.807, 2.05) is 0 Å². The fourth-order valence-corrected chi connectivity index (χ4v) is 2.26. The zero-order valence-electron chi connectivity index (χ0n) is 13.0. The van der Waals surface area contributed by atoms with Crippen LogP contribution in [0.15, 0.2) is 42.5 Å². The van der Waals surface area contributed by atoms with Gasteiger partial charge in [-0.15, -0.1) is 0 Å². The molecule has 6 nitrogen and oxygen atoms in total. The molecule has 0 saturated heterocycles. The predicted molar refractivity (Wildman–Crippen MR) is 85.1 cm³/mol. The number of nitrogens with two attached hydrogens (primary N) is 1. The molecular formula is C16H14F3N3O3. The van der Waals surface area contributed by atoms with Gasteiger partial charge in [0.25, 0.3) is 5.69 Å². The molecule has 0 heterocycles. The summed E-state index contributed by atoms with van der Waals surface area (Å²) in [5.41, 5.74) is 4.23. The number of rotatable bonds is 5. The summed E-state index contributed by atoms with van der Waals surface area (Å²) in [6.07, 6.45) is -4.48. The van der Waals surface area contributed by atoms with Gasteiger partial charge in [-0.3, -0.25) is 14.9 Å². The molecule has 1 amide bonds. The van der Waals surface area contributed by atoms with Gasteiger partial charge in [0.15, 0.2) is 0 Å². The number of nitro benzene ring substituents is 1. The van der Waals surface area contributed by atoms with E-state index in [9.17, 15) is 28.1 Å². The molecule has 0 radical (unpaired) electrons. The summed E-state index contributed by atoms with van der Waals surface area (Å²) in [6.45, 7) is 1.57. The third-order valence-electron chi connectivity index (χ3n) is 3.56. The van der Waals surface area contributed by atoms with Gasteiger partial charge in [0.2, 0.25) is 5.91 Å². The lowest BCUT2D eigenvalue weighted by molar-refractivity contribution is -0.384. The molecule has 1 atom stereocenters. The Labute approximate surface area is 140 Å². The smallest absolute Gasteiger partial charge is 0.373 e. The summed E-state index contributed by atoms with van der Waals surface area (Å²) < 4.78 is 38.4. The Kier molecular flexibility index (Phi) is 4.96. The number of carbonyl (C=O) groups is 1. The summed E-state index contributed by atoms with van der Waals surface area (Å²) >= 11 is 0. The molecule has 0 aliphatic heterocycles. The van der Waals surface area contributed by atoms with Crippen LogP contribution in [0.5, 0.6) is 0 Å². The van der Waals surface area contributed by atoms with E-state index >= 15 is 0 Å². The molecule has 3 N–H and O–H groups in total. The highest BCUT2D eigenvalue weighted by Gasteiger charge is 2.30. The second-order valence-corrected chi connectivity index (χ2v) is 5.34. The maximum atomic E-state index is 12.8. The van der Waals surface area contributed by atoms with Crippen LogP contribution in [-0.2, 0) is 6.18 Å². The van der Waals surface area contributed by atoms with Crippen LogP contribution < -0.4 is 11.1 Å². The van der Waals surface area contributed by atoms with Crippen LogP contribution >= 0.6 is 0 Å². The molecule has 0 saturated carbocycles. The quantitative estimate of drug-likeness (QED) is 0.629. The van der Waals surface area contributed by atoms with Gasteiger partial charge in [-0.25, -0.2) is 0 Å². The van der Waals surface area contributed by atoms with E-state index in [4.69, 9.17) is 5.73 Å². The normalized spacial score (nSPS) is 12.5. The predicted octanol–water partition coefficient (Wildman–Crippen LogP) is 3.89. The number of hydrogen-bond acceptors (Lipinski definition) is 4. The Morgan fingerprint density at radius 1 is 1.24 bits per heavy atom. The van der Waals surface area contributed by atoms with E-state index in [0.29, 0.717) is 5.56 Å². The Balaban J connectivity index is 2.33. The van der Waals surface area contributed by atoms with Crippen LogP contribution in [0, 0.1) is 10.1 Å². The number of benzene rings is 2. The first-order chi connectivity index (χ1) is 11.6. The second kappa shape index (κ2) is 6.80. The van der Waals surface area contributed by atoms with Crippen molar-refractivity contribution in [3.8, 4) is 0 Å². The number of nitrogens with zero attached hydrogens (tertiary/aromatic N) is 1. The van der Waals surface area contributed by atoms with Crippen molar-refractivity contribution in [1.82, 2.24) is 0 Å². The van der Waals surface area contributed by atoms with E-state index in [1.165, 1.54) is 24.3 Å². The number of hydrogen-bond donors (Lipinski definition) is 2. The third kappa shape index (κ3) is 4.25. The monoisotopic (exact) mass is 353 g/mol. The van der Waals surface area contributed by atoms with Gasteiger partial charge in [0, 0.05) is 17.7 Å². The number of nitro groups is 1. The highest BCUT2D eigenvalue weighted by molar-refractivity contribution is 5.94. The number of anilines is 1. The zero-order chi connectivity index (χ0) is 18.8. The van der Waals surface area contributed by atoms with Gasteiger partial charge in [0.05, 0.1) is 10.5 Å². The molecule has 2 rings (SSSR count). The van der Waals surface area contributed by atoms with Crippen LogP contribution in [-0.4, -0.2) is 10.8 Å². The van der Waals surface area contributed by atoms with Gasteiger partial charge in [0.1, 0.15) is 5.69 Å². The second-order valence-electron chi connectivity index (χ2n) is 5.34. The fourth-order valence-electron chi connectivity index (χ4n) is 2.26. The Hall–Kier alpha value is -3.10. The van der Waals surface area contributed by atoms with Gasteiger partial charge in [-0.2, -0.15) is 13.2 Å². The highest BCUT2D eigenvalue weighted by atomic mass is 19.4. The summed E-state index contributed by atoms with van der Waals surface area (Å²) in [4.78, 5) is 21.6. The van der Waals surface area contributed by atoms with Crippen molar-refractivity contribution in [3.05, 3.63) is 69.3 Å². The SMILES string of the molecule is CC(Nc1ccc(C(N)=O)cc1[N+](=O)[O-])c1cccc(C(F)(F)F)c1. The van der Waals surface area contributed by atoms with E-state index < -0.39 is 34.3 Å². The van der Waals surface area contributed by atoms with Crippen LogP contribution in [0.4, 0.5) is 24.5 Å². The molecule has 0 aliphatic carbocycles. The minimum Gasteiger partial charge on any atom is -0.373 e. The van der Waals surface area contributed by atoms with E-state index in [1.54, 1.807) is 6.92 Å². The minimum atomic E-state index is -4.48. The highest BCUT2D eigenvalue weighted by Crippen LogP contribution is 2.33. The summed E-state index contributed by atoms with van der Waals surface area (Å²) in [5, 5.41) is 14.0. The standard InChI is InChI=1S/C16H14F3N3O3/c1-9(10-3-2-4-12(7-10)16(17,18)19)21-13-6-5-11(15(20)23)8-14(13)22(24)25/h2-9,21H,1H3,(H2,20,23). The van der Waals surface area contributed by atoms with Crippen molar-refractivity contribution >= 4 is 17.3 Å². The van der Waals surface area contributed by atoms with Gasteiger partial charge >= 0.3 is 6.18 Å². The van der Waals surface area contributed by atoms with E-state index in [-0.39, 0.29) is 11.3 Å². The molecule has 9 heteroatoms. The van der Waals surface area contributed by atoms with Crippen molar-refractivity contribution in [2.45, 2.75) is 19.1 Å². The first-order valence-electron chi connectivity index (χ1n) is 7.11. The fraction of sp³-hybridized carbons (Fsp3) is 0.188. The van der Waals surface area contributed by atoms with Crippen molar-refractivity contribution in [3.63, 3.8) is 0 Å². The molecular weight excluding hydrogens is 339 g/mol. The maximum absolute atomic E-state index is 12.8.